The van der Waals surface area contributed by atoms with Gasteiger partial charge in [-0.1, -0.05) is 24.2 Å². The van der Waals surface area contributed by atoms with Gasteiger partial charge >= 0.3 is 0 Å². The maximum atomic E-state index is 8.95. The number of carbonyl (C=O) groups is 1. The summed E-state index contributed by atoms with van der Waals surface area (Å²) in [5.41, 5.74) is 0.808. The normalized spacial score (nSPS) is 7.85. The zero-order chi connectivity index (χ0) is 10.1. The van der Waals surface area contributed by atoms with E-state index in [0.29, 0.717) is 11.6 Å². The smallest absolute Gasteiger partial charge is 0.292 e. The van der Waals surface area contributed by atoms with E-state index in [0.717, 1.165) is 5.69 Å². The SMILES string of the molecule is C=Cc1cccc(Cl)n1.COC=O. The van der Waals surface area contributed by atoms with Crippen molar-refractivity contribution in [2.45, 2.75) is 0 Å². The Kier molecular flexibility index (Phi) is 6.55. The first kappa shape index (κ1) is 11.6. The van der Waals surface area contributed by atoms with E-state index in [-0.39, 0.29) is 0 Å². The highest BCUT2D eigenvalue weighted by molar-refractivity contribution is 6.29. The third-order valence-corrected chi connectivity index (χ3v) is 1.25. The van der Waals surface area contributed by atoms with Gasteiger partial charge in [0.25, 0.3) is 6.47 Å². The van der Waals surface area contributed by atoms with Crippen molar-refractivity contribution in [1.82, 2.24) is 4.98 Å². The van der Waals surface area contributed by atoms with Crippen molar-refractivity contribution in [1.29, 1.82) is 0 Å². The fourth-order valence-electron chi connectivity index (χ4n) is 0.538. The molecule has 0 aliphatic heterocycles. The van der Waals surface area contributed by atoms with Crippen LogP contribution in [0.5, 0.6) is 0 Å². The van der Waals surface area contributed by atoms with Crippen LogP contribution in [0.25, 0.3) is 6.08 Å². The van der Waals surface area contributed by atoms with E-state index in [1.807, 2.05) is 12.1 Å². The van der Waals surface area contributed by atoms with Gasteiger partial charge in [-0.2, -0.15) is 0 Å². The lowest BCUT2D eigenvalue weighted by Crippen LogP contribution is -1.77. The second-order valence-electron chi connectivity index (χ2n) is 1.92. The molecule has 4 heteroatoms. The van der Waals surface area contributed by atoms with Crippen LogP contribution < -0.4 is 0 Å². The number of hydrogen-bond acceptors (Lipinski definition) is 3. The number of halogens is 1. The second-order valence-corrected chi connectivity index (χ2v) is 2.31. The zero-order valence-corrected chi connectivity index (χ0v) is 7.99. The number of nitrogens with zero attached hydrogens (tertiary/aromatic N) is 1. The number of rotatable bonds is 2. The van der Waals surface area contributed by atoms with Gasteiger partial charge in [-0.15, -0.1) is 0 Å². The van der Waals surface area contributed by atoms with Gasteiger partial charge in [0.15, 0.2) is 0 Å². The molecule has 13 heavy (non-hydrogen) atoms. The number of hydrogen-bond donors (Lipinski definition) is 0. The van der Waals surface area contributed by atoms with Crippen LogP contribution in [0.15, 0.2) is 24.8 Å². The Morgan fingerprint density at radius 3 is 2.54 bits per heavy atom. The van der Waals surface area contributed by atoms with Crippen LogP contribution in [0.1, 0.15) is 5.69 Å². The summed E-state index contributed by atoms with van der Waals surface area (Å²) in [6.07, 6.45) is 1.66. The van der Waals surface area contributed by atoms with Crippen LogP contribution in [0, 0.1) is 0 Å². The first-order valence-corrected chi connectivity index (χ1v) is 3.83. The maximum absolute atomic E-state index is 8.95. The summed E-state index contributed by atoms with van der Waals surface area (Å²) >= 11 is 5.56. The highest BCUT2D eigenvalue weighted by atomic mass is 35.5. The number of carbonyl (C=O) groups excluding carboxylic acids is 1. The van der Waals surface area contributed by atoms with E-state index < -0.39 is 0 Å². The molecule has 0 saturated heterocycles. The number of ether oxygens (including phenoxy) is 1. The van der Waals surface area contributed by atoms with Crippen LogP contribution in [-0.2, 0) is 9.53 Å². The van der Waals surface area contributed by atoms with E-state index in [9.17, 15) is 0 Å². The standard InChI is InChI=1S/C7H6ClN.C2H4O2/c1-2-6-4-3-5-7(8)9-6;1-4-2-3/h2-5H,1H2;2H,1H3. The molecule has 0 aliphatic carbocycles. The van der Waals surface area contributed by atoms with Crippen molar-refractivity contribution >= 4 is 24.1 Å². The molecule has 0 unspecified atom stereocenters. The van der Waals surface area contributed by atoms with Crippen molar-refractivity contribution in [2.75, 3.05) is 7.11 Å². The Morgan fingerprint density at radius 1 is 1.62 bits per heavy atom. The molecule has 0 aliphatic rings. The summed E-state index contributed by atoms with van der Waals surface area (Å²) in [6.45, 7) is 3.93. The third-order valence-electron chi connectivity index (χ3n) is 1.04. The van der Waals surface area contributed by atoms with Crippen molar-refractivity contribution in [2.24, 2.45) is 0 Å². The summed E-state index contributed by atoms with van der Waals surface area (Å²) in [6, 6.07) is 5.42. The molecule has 0 fully saturated rings. The van der Waals surface area contributed by atoms with Gasteiger partial charge < -0.3 is 4.74 Å². The highest BCUT2D eigenvalue weighted by Gasteiger charge is 1.86. The lowest BCUT2D eigenvalue weighted by molar-refractivity contribution is -0.126. The molecule has 0 bridgehead atoms. The molecule has 3 nitrogen and oxygen atoms in total. The van der Waals surface area contributed by atoms with Gasteiger partial charge in [0.1, 0.15) is 5.15 Å². The third kappa shape index (κ3) is 5.87. The summed E-state index contributed by atoms with van der Waals surface area (Å²) in [5.74, 6) is 0. The molecule has 1 heterocycles. The average Bonchev–Trinajstić information content (AvgIpc) is 2.18. The summed E-state index contributed by atoms with van der Waals surface area (Å²) < 4.78 is 3.86. The minimum Gasteiger partial charge on any atom is -0.471 e. The predicted octanol–water partition coefficient (Wildman–Crippen LogP) is 2.17. The Labute approximate surface area is 82.0 Å². The molecule has 70 valence electrons. The van der Waals surface area contributed by atoms with Crippen LogP contribution in [0.3, 0.4) is 0 Å². The molecule has 1 rings (SSSR count). The molecule has 0 atom stereocenters. The maximum Gasteiger partial charge on any atom is 0.292 e. The number of aromatic nitrogens is 1. The quantitative estimate of drug-likeness (QED) is 0.541. The topological polar surface area (TPSA) is 39.2 Å². The van der Waals surface area contributed by atoms with E-state index in [1.54, 1.807) is 12.1 Å². The Bertz CT molecular complexity index is 276. The average molecular weight is 200 g/mol. The molecule has 0 spiro atoms. The van der Waals surface area contributed by atoms with Gasteiger partial charge in [0.2, 0.25) is 0 Å². The minimum atomic E-state index is 0.375. The van der Waals surface area contributed by atoms with Crippen LogP contribution in [0.2, 0.25) is 5.15 Å². The molecule has 1 aromatic rings. The Morgan fingerprint density at radius 2 is 2.23 bits per heavy atom. The first-order chi connectivity index (χ1) is 6.24. The highest BCUT2D eigenvalue weighted by Crippen LogP contribution is 2.04. The van der Waals surface area contributed by atoms with E-state index in [4.69, 9.17) is 16.4 Å². The lowest BCUT2D eigenvalue weighted by Gasteiger charge is -1.89. The largest absolute Gasteiger partial charge is 0.471 e. The van der Waals surface area contributed by atoms with Gasteiger partial charge in [0.05, 0.1) is 12.8 Å². The fourth-order valence-corrected chi connectivity index (χ4v) is 0.708. The zero-order valence-electron chi connectivity index (χ0n) is 7.24. The van der Waals surface area contributed by atoms with Crippen LogP contribution >= 0.6 is 11.6 Å². The minimum absolute atomic E-state index is 0.375. The summed E-state index contributed by atoms with van der Waals surface area (Å²) in [5, 5.41) is 0.507. The predicted molar refractivity (Wildman–Crippen MR) is 52.4 cm³/mol. The summed E-state index contributed by atoms with van der Waals surface area (Å²) in [7, 11) is 1.31. The van der Waals surface area contributed by atoms with Gasteiger partial charge in [-0.3, -0.25) is 4.79 Å². The Balaban J connectivity index is 0.000000310. The van der Waals surface area contributed by atoms with Gasteiger partial charge in [-0.25, -0.2) is 4.98 Å². The van der Waals surface area contributed by atoms with E-state index in [1.165, 1.54) is 7.11 Å². The monoisotopic (exact) mass is 199 g/mol. The summed E-state index contributed by atoms with van der Waals surface area (Å²) in [4.78, 5) is 12.9. The molecular formula is C9H10ClNO2. The Hall–Kier alpha value is -1.35. The van der Waals surface area contributed by atoms with Crippen molar-refractivity contribution in [3.05, 3.63) is 35.6 Å². The van der Waals surface area contributed by atoms with Gasteiger partial charge in [-0.05, 0) is 18.2 Å². The van der Waals surface area contributed by atoms with E-state index >= 15 is 0 Å². The van der Waals surface area contributed by atoms with Crippen LogP contribution in [0.4, 0.5) is 0 Å². The van der Waals surface area contributed by atoms with E-state index in [2.05, 4.69) is 16.3 Å². The number of pyridine rings is 1. The number of methoxy groups -OCH3 is 1. The molecule has 0 amide bonds. The molecule has 0 N–H and O–H groups in total. The van der Waals surface area contributed by atoms with Crippen molar-refractivity contribution < 1.29 is 9.53 Å². The van der Waals surface area contributed by atoms with Crippen molar-refractivity contribution in [3.63, 3.8) is 0 Å². The van der Waals surface area contributed by atoms with Crippen LogP contribution in [-0.4, -0.2) is 18.6 Å². The fraction of sp³-hybridized carbons (Fsp3) is 0.111. The molecule has 0 saturated carbocycles. The first-order valence-electron chi connectivity index (χ1n) is 3.46. The molecule has 0 aromatic carbocycles. The molecular weight excluding hydrogens is 190 g/mol. The lowest BCUT2D eigenvalue weighted by atomic mass is 10.3. The second kappa shape index (κ2) is 7.31. The van der Waals surface area contributed by atoms with Crippen molar-refractivity contribution in [3.8, 4) is 0 Å². The van der Waals surface area contributed by atoms with Gasteiger partial charge in [0, 0.05) is 0 Å². The molecule has 0 radical (unpaired) electrons. The molecule has 1 aromatic heterocycles.